The van der Waals surface area contributed by atoms with E-state index in [1.54, 1.807) is 7.05 Å². The van der Waals surface area contributed by atoms with E-state index in [9.17, 15) is 4.79 Å². The number of benzene rings is 1. The maximum atomic E-state index is 11.8. The number of nitrogens with zero attached hydrogens (tertiary/aromatic N) is 1. The first kappa shape index (κ1) is 13.5. The Hall–Kier alpha value is -1.55. The Morgan fingerprint density at radius 1 is 1.29 bits per heavy atom. The highest BCUT2D eigenvalue weighted by Crippen LogP contribution is 2.26. The van der Waals surface area contributed by atoms with Gasteiger partial charge in [-0.25, -0.2) is 4.79 Å². The molecule has 17 heavy (non-hydrogen) atoms. The summed E-state index contributed by atoms with van der Waals surface area (Å²) >= 11 is 0. The van der Waals surface area contributed by atoms with E-state index in [1.807, 2.05) is 32.9 Å². The summed E-state index contributed by atoms with van der Waals surface area (Å²) in [4.78, 5) is 13.2. The molecule has 1 aromatic rings. The van der Waals surface area contributed by atoms with Gasteiger partial charge >= 0.3 is 6.09 Å². The van der Waals surface area contributed by atoms with Crippen molar-refractivity contribution in [2.24, 2.45) is 5.73 Å². The SMILES string of the molecule is Cc1ccc(C)c(OC(=O)N(C)CCN)c1C. The molecule has 0 unspecified atom stereocenters. The van der Waals surface area contributed by atoms with Crippen LogP contribution in [-0.4, -0.2) is 31.1 Å². The normalized spacial score (nSPS) is 10.2. The van der Waals surface area contributed by atoms with Crippen molar-refractivity contribution in [1.82, 2.24) is 4.90 Å². The summed E-state index contributed by atoms with van der Waals surface area (Å²) in [5.41, 5.74) is 8.47. The fourth-order valence-corrected chi connectivity index (χ4v) is 1.53. The summed E-state index contributed by atoms with van der Waals surface area (Å²) in [5.74, 6) is 0.652. The fourth-order valence-electron chi connectivity index (χ4n) is 1.53. The lowest BCUT2D eigenvalue weighted by atomic mass is 10.1. The molecule has 0 heterocycles. The van der Waals surface area contributed by atoms with Crippen LogP contribution in [0.2, 0.25) is 0 Å². The number of carbonyl (C=O) groups excluding carboxylic acids is 1. The van der Waals surface area contributed by atoms with Crippen molar-refractivity contribution in [2.45, 2.75) is 20.8 Å². The van der Waals surface area contributed by atoms with Crippen molar-refractivity contribution in [3.63, 3.8) is 0 Å². The largest absolute Gasteiger partial charge is 0.415 e. The summed E-state index contributed by atoms with van der Waals surface area (Å²) in [6, 6.07) is 3.97. The molecule has 0 saturated heterocycles. The lowest BCUT2D eigenvalue weighted by molar-refractivity contribution is 0.163. The van der Waals surface area contributed by atoms with Crippen molar-refractivity contribution >= 4 is 6.09 Å². The molecule has 0 fully saturated rings. The Balaban J connectivity index is 2.88. The third-order valence-electron chi connectivity index (χ3n) is 2.84. The van der Waals surface area contributed by atoms with Gasteiger partial charge in [0.15, 0.2) is 0 Å². The van der Waals surface area contributed by atoms with E-state index in [0.717, 1.165) is 16.7 Å². The predicted molar refractivity (Wildman–Crippen MR) is 68.4 cm³/mol. The van der Waals surface area contributed by atoms with Gasteiger partial charge in [0.1, 0.15) is 5.75 Å². The number of likely N-dealkylation sites (N-methyl/N-ethyl adjacent to an activating group) is 1. The van der Waals surface area contributed by atoms with Gasteiger partial charge in [-0.15, -0.1) is 0 Å². The average Bonchev–Trinajstić information content (AvgIpc) is 2.29. The Morgan fingerprint density at radius 2 is 1.88 bits per heavy atom. The van der Waals surface area contributed by atoms with Crippen LogP contribution in [0, 0.1) is 20.8 Å². The fraction of sp³-hybridized carbons (Fsp3) is 0.462. The maximum Gasteiger partial charge on any atom is 0.415 e. The van der Waals surface area contributed by atoms with Crippen LogP contribution < -0.4 is 10.5 Å². The summed E-state index contributed by atoms with van der Waals surface area (Å²) in [6.45, 7) is 6.79. The molecular weight excluding hydrogens is 216 g/mol. The molecule has 0 aliphatic rings. The Labute approximate surface area is 102 Å². The number of ether oxygens (including phenoxy) is 1. The van der Waals surface area contributed by atoms with Crippen LogP contribution in [0.5, 0.6) is 5.75 Å². The topological polar surface area (TPSA) is 55.6 Å². The average molecular weight is 236 g/mol. The van der Waals surface area contributed by atoms with Crippen LogP contribution in [0.4, 0.5) is 4.79 Å². The third kappa shape index (κ3) is 3.20. The van der Waals surface area contributed by atoms with Crippen molar-refractivity contribution in [1.29, 1.82) is 0 Å². The molecule has 0 bridgehead atoms. The number of amides is 1. The minimum Gasteiger partial charge on any atom is -0.410 e. The van der Waals surface area contributed by atoms with Crippen LogP contribution >= 0.6 is 0 Å². The molecule has 0 aliphatic heterocycles. The second-order valence-electron chi connectivity index (χ2n) is 4.23. The minimum atomic E-state index is -0.368. The van der Waals surface area contributed by atoms with E-state index in [2.05, 4.69) is 0 Å². The highest BCUT2D eigenvalue weighted by molar-refractivity contribution is 5.71. The molecule has 0 aromatic heterocycles. The van der Waals surface area contributed by atoms with Gasteiger partial charge in [0.05, 0.1) is 0 Å². The second kappa shape index (κ2) is 5.68. The van der Waals surface area contributed by atoms with Gasteiger partial charge in [0, 0.05) is 20.1 Å². The summed E-state index contributed by atoms with van der Waals surface area (Å²) in [5, 5.41) is 0. The number of nitrogens with two attached hydrogens (primary N) is 1. The Kier molecular flexibility index (Phi) is 4.52. The summed E-state index contributed by atoms with van der Waals surface area (Å²) < 4.78 is 5.40. The monoisotopic (exact) mass is 236 g/mol. The summed E-state index contributed by atoms with van der Waals surface area (Å²) in [7, 11) is 1.68. The van der Waals surface area contributed by atoms with Crippen LogP contribution in [0.25, 0.3) is 0 Å². The molecular formula is C13H20N2O2. The minimum absolute atomic E-state index is 0.368. The van der Waals surface area contributed by atoms with Crippen molar-refractivity contribution < 1.29 is 9.53 Å². The first-order chi connectivity index (χ1) is 7.97. The zero-order valence-corrected chi connectivity index (χ0v) is 10.9. The van der Waals surface area contributed by atoms with E-state index < -0.39 is 0 Å². The molecule has 0 atom stereocenters. The van der Waals surface area contributed by atoms with Crippen molar-refractivity contribution in [2.75, 3.05) is 20.1 Å². The first-order valence-corrected chi connectivity index (χ1v) is 5.67. The van der Waals surface area contributed by atoms with Crippen LogP contribution in [0.3, 0.4) is 0 Å². The number of aryl methyl sites for hydroxylation is 2. The Morgan fingerprint density at radius 3 is 2.47 bits per heavy atom. The van der Waals surface area contributed by atoms with Gasteiger partial charge in [0.25, 0.3) is 0 Å². The number of hydrogen-bond acceptors (Lipinski definition) is 3. The van der Waals surface area contributed by atoms with E-state index in [-0.39, 0.29) is 6.09 Å². The number of carbonyl (C=O) groups is 1. The lowest BCUT2D eigenvalue weighted by Gasteiger charge is -2.18. The highest BCUT2D eigenvalue weighted by Gasteiger charge is 2.14. The molecule has 0 aliphatic carbocycles. The summed E-state index contributed by atoms with van der Waals surface area (Å²) in [6.07, 6.45) is -0.368. The maximum absolute atomic E-state index is 11.8. The van der Waals surface area contributed by atoms with Gasteiger partial charge in [-0.1, -0.05) is 12.1 Å². The molecule has 0 saturated carbocycles. The van der Waals surface area contributed by atoms with E-state index in [1.165, 1.54) is 4.90 Å². The smallest absolute Gasteiger partial charge is 0.410 e. The molecule has 1 amide bonds. The molecule has 1 aromatic carbocycles. The van der Waals surface area contributed by atoms with E-state index in [0.29, 0.717) is 18.8 Å². The first-order valence-electron chi connectivity index (χ1n) is 5.67. The predicted octanol–water partition coefficient (Wildman–Crippen LogP) is 2.00. The van der Waals surface area contributed by atoms with Crippen molar-refractivity contribution in [3.05, 3.63) is 28.8 Å². The van der Waals surface area contributed by atoms with Gasteiger partial charge in [-0.2, -0.15) is 0 Å². The van der Waals surface area contributed by atoms with Gasteiger partial charge in [-0.05, 0) is 37.5 Å². The molecule has 0 radical (unpaired) electrons. The molecule has 1 rings (SSSR count). The van der Waals surface area contributed by atoms with Gasteiger partial charge in [0.2, 0.25) is 0 Å². The lowest BCUT2D eigenvalue weighted by Crippen LogP contribution is -2.34. The number of hydrogen-bond donors (Lipinski definition) is 1. The Bertz CT molecular complexity index is 416. The standard InChI is InChI=1S/C13H20N2O2/c1-9-5-6-10(2)12(11(9)3)17-13(16)15(4)8-7-14/h5-6H,7-8,14H2,1-4H3. The van der Waals surface area contributed by atoms with Gasteiger partial charge in [-0.3, -0.25) is 0 Å². The van der Waals surface area contributed by atoms with Crippen molar-refractivity contribution in [3.8, 4) is 5.75 Å². The van der Waals surface area contributed by atoms with Crippen LogP contribution in [0.1, 0.15) is 16.7 Å². The van der Waals surface area contributed by atoms with Crippen LogP contribution in [-0.2, 0) is 0 Å². The molecule has 4 nitrogen and oxygen atoms in total. The zero-order chi connectivity index (χ0) is 13.0. The molecule has 4 heteroatoms. The van der Waals surface area contributed by atoms with E-state index >= 15 is 0 Å². The van der Waals surface area contributed by atoms with E-state index in [4.69, 9.17) is 10.5 Å². The van der Waals surface area contributed by atoms with Gasteiger partial charge < -0.3 is 15.4 Å². The quantitative estimate of drug-likeness (QED) is 0.873. The zero-order valence-electron chi connectivity index (χ0n) is 10.9. The highest BCUT2D eigenvalue weighted by atomic mass is 16.6. The number of rotatable bonds is 3. The van der Waals surface area contributed by atoms with Crippen LogP contribution in [0.15, 0.2) is 12.1 Å². The third-order valence-corrected chi connectivity index (χ3v) is 2.84. The molecule has 94 valence electrons. The molecule has 2 N–H and O–H groups in total. The molecule has 0 spiro atoms. The second-order valence-corrected chi connectivity index (χ2v) is 4.23.